The molecule has 1 aromatic carbocycles. The molecule has 0 aliphatic rings. The molecule has 2 aromatic rings. The van der Waals surface area contributed by atoms with Crippen LogP contribution in [0.2, 0.25) is 0 Å². The minimum absolute atomic E-state index is 0.619. The molecule has 1 aromatic heterocycles. The third-order valence-corrected chi connectivity index (χ3v) is 2.73. The molecule has 4 nitrogen and oxygen atoms in total. The Balaban J connectivity index is 2.81. The van der Waals surface area contributed by atoms with Gasteiger partial charge < -0.3 is 5.11 Å². The topological polar surface area (TPSA) is 55.1 Å². The number of hydrogen-bond acceptors (Lipinski definition) is 2. The maximum atomic E-state index is 10.9. The monoisotopic (exact) mass is 268 g/mol. The van der Waals surface area contributed by atoms with Crippen molar-refractivity contribution in [3.05, 3.63) is 28.4 Å². The Bertz CT molecular complexity index is 533. The van der Waals surface area contributed by atoms with Gasteiger partial charge in [0, 0.05) is 9.86 Å². The highest BCUT2D eigenvalue weighted by Gasteiger charge is 2.13. The molecule has 0 fully saturated rings. The first-order valence-corrected chi connectivity index (χ1v) is 5.33. The van der Waals surface area contributed by atoms with Gasteiger partial charge in [-0.25, -0.2) is 4.79 Å². The largest absolute Gasteiger partial charge is 0.463 e. The van der Waals surface area contributed by atoms with Gasteiger partial charge in [-0.3, -0.25) is 0 Å². The molecule has 0 unspecified atom stereocenters. The van der Waals surface area contributed by atoms with E-state index < -0.39 is 6.09 Å². The Hall–Kier alpha value is -1.36. The highest BCUT2D eigenvalue weighted by Crippen LogP contribution is 2.23. The van der Waals surface area contributed by atoms with Crippen LogP contribution in [0.1, 0.15) is 12.6 Å². The number of hydrogen-bond donors (Lipinski definition) is 1. The Morgan fingerprint density at radius 2 is 2.33 bits per heavy atom. The van der Waals surface area contributed by atoms with Gasteiger partial charge in [0.2, 0.25) is 0 Å². The van der Waals surface area contributed by atoms with E-state index in [4.69, 9.17) is 5.11 Å². The number of carbonyl (C=O) groups is 1. The minimum atomic E-state index is -1.06. The summed E-state index contributed by atoms with van der Waals surface area (Å²) in [6.07, 6.45) is -0.337. The molecule has 2 rings (SSSR count). The Morgan fingerprint density at radius 1 is 1.60 bits per heavy atom. The van der Waals surface area contributed by atoms with E-state index in [9.17, 15) is 4.79 Å². The average Bonchev–Trinajstić information content (AvgIpc) is 2.55. The number of aromatic nitrogens is 2. The van der Waals surface area contributed by atoms with E-state index in [2.05, 4.69) is 21.0 Å². The molecule has 0 bridgehead atoms. The Labute approximate surface area is 94.6 Å². The van der Waals surface area contributed by atoms with Crippen molar-refractivity contribution >= 4 is 32.9 Å². The lowest BCUT2D eigenvalue weighted by Gasteiger charge is -1.95. The smallest absolute Gasteiger partial charge is 0.432 e. The molecule has 5 heteroatoms. The van der Waals surface area contributed by atoms with Crippen molar-refractivity contribution in [1.82, 2.24) is 9.78 Å². The van der Waals surface area contributed by atoms with Gasteiger partial charge in [-0.1, -0.05) is 22.9 Å². The lowest BCUT2D eigenvalue weighted by atomic mass is 10.2. The van der Waals surface area contributed by atoms with E-state index in [1.807, 2.05) is 19.1 Å². The van der Waals surface area contributed by atoms with Gasteiger partial charge in [0.05, 0.1) is 11.2 Å². The number of fused-ring (bicyclic) bond motifs is 1. The van der Waals surface area contributed by atoms with Crippen LogP contribution in [-0.4, -0.2) is 21.0 Å². The Kier molecular flexibility index (Phi) is 2.48. The molecular formula is C10H9BrN2O2. The second-order valence-electron chi connectivity index (χ2n) is 3.16. The van der Waals surface area contributed by atoms with Gasteiger partial charge >= 0.3 is 6.09 Å². The zero-order valence-corrected chi connectivity index (χ0v) is 9.65. The fourth-order valence-corrected chi connectivity index (χ4v) is 1.91. The predicted molar refractivity (Wildman–Crippen MR) is 60.2 cm³/mol. The van der Waals surface area contributed by atoms with E-state index in [-0.39, 0.29) is 0 Å². The van der Waals surface area contributed by atoms with E-state index in [0.717, 1.165) is 26.7 Å². The molecule has 0 radical (unpaired) electrons. The van der Waals surface area contributed by atoms with Gasteiger partial charge in [-0.05, 0) is 24.6 Å². The summed E-state index contributed by atoms with van der Waals surface area (Å²) >= 11 is 3.31. The van der Waals surface area contributed by atoms with Gasteiger partial charge in [0.25, 0.3) is 0 Å². The van der Waals surface area contributed by atoms with Crippen LogP contribution in [0.5, 0.6) is 0 Å². The van der Waals surface area contributed by atoms with Crippen molar-refractivity contribution in [2.75, 3.05) is 0 Å². The first kappa shape index (κ1) is 10.2. The summed E-state index contributed by atoms with van der Waals surface area (Å²) in [5, 5.41) is 13.9. The quantitative estimate of drug-likeness (QED) is 0.865. The summed E-state index contributed by atoms with van der Waals surface area (Å²) in [5.74, 6) is 0. The van der Waals surface area contributed by atoms with Crippen LogP contribution < -0.4 is 0 Å². The fraction of sp³-hybridized carbons (Fsp3) is 0.200. The molecule has 0 saturated heterocycles. The molecule has 0 aliphatic heterocycles. The lowest BCUT2D eigenvalue weighted by Crippen LogP contribution is -2.09. The van der Waals surface area contributed by atoms with Crippen molar-refractivity contribution in [2.24, 2.45) is 0 Å². The van der Waals surface area contributed by atoms with Gasteiger partial charge in [-0.2, -0.15) is 9.78 Å². The second-order valence-corrected chi connectivity index (χ2v) is 4.07. The van der Waals surface area contributed by atoms with Gasteiger partial charge in [-0.15, -0.1) is 0 Å². The van der Waals surface area contributed by atoms with Crippen LogP contribution in [0.25, 0.3) is 10.9 Å². The zero-order chi connectivity index (χ0) is 11.0. The van der Waals surface area contributed by atoms with E-state index in [0.29, 0.717) is 5.52 Å². The van der Waals surface area contributed by atoms with Crippen LogP contribution in [0, 0.1) is 0 Å². The summed E-state index contributed by atoms with van der Waals surface area (Å²) in [6, 6.07) is 5.52. The van der Waals surface area contributed by atoms with Crippen molar-refractivity contribution in [1.29, 1.82) is 0 Å². The number of benzene rings is 1. The summed E-state index contributed by atoms with van der Waals surface area (Å²) in [6.45, 7) is 1.95. The van der Waals surface area contributed by atoms with Crippen LogP contribution >= 0.6 is 15.9 Å². The molecule has 0 spiro atoms. The van der Waals surface area contributed by atoms with Crippen LogP contribution in [0.4, 0.5) is 4.79 Å². The summed E-state index contributed by atoms with van der Waals surface area (Å²) in [7, 11) is 0. The Morgan fingerprint density at radius 3 is 2.93 bits per heavy atom. The predicted octanol–water partition coefficient (Wildman–Crippen LogP) is 2.89. The number of nitrogens with zero attached hydrogens (tertiary/aromatic N) is 2. The van der Waals surface area contributed by atoms with Crippen molar-refractivity contribution < 1.29 is 9.90 Å². The van der Waals surface area contributed by atoms with E-state index in [1.165, 1.54) is 0 Å². The highest BCUT2D eigenvalue weighted by atomic mass is 79.9. The summed E-state index contributed by atoms with van der Waals surface area (Å²) in [5.41, 5.74) is 1.42. The van der Waals surface area contributed by atoms with Crippen LogP contribution in [0.15, 0.2) is 22.7 Å². The third kappa shape index (κ3) is 1.63. The molecule has 0 amide bonds. The average molecular weight is 269 g/mol. The molecule has 1 N–H and O–H groups in total. The number of aryl methyl sites for hydroxylation is 1. The first-order chi connectivity index (χ1) is 7.13. The third-order valence-electron chi connectivity index (χ3n) is 2.24. The fourth-order valence-electron chi connectivity index (χ4n) is 1.56. The SMILES string of the molecule is CCc1nn(C(=O)O)c2cc(Br)ccc12. The molecule has 15 heavy (non-hydrogen) atoms. The molecular weight excluding hydrogens is 260 g/mol. The molecule has 0 atom stereocenters. The first-order valence-electron chi connectivity index (χ1n) is 4.54. The van der Waals surface area contributed by atoms with Crippen LogP contribution in [-0.2, 0) is 6.42 Å². The van der Waals surface area contributed by atoms with Crippen molar-refractivity contribution in [3.8, 4) is 0 Å². The number of halogens is 1. The normalized spacial score (nSPS) is 10.8. The highest BCUT2D eigenvalue weighted by molar-refractivity contribution is 9.10. The summed E-state index contributed by atoms with van der Waals surface area (Å²) in [4.78, 5) is 10.9. The van der Waals surface area contributed by atoms with Gasteiger partial charge in [0.1, 0.15) is 0 Å². The molecule has 0 saturated carbocycles. The van der Waals surface area contributed by atoms with E-state index >= 15 is 0 Å². The maximum absolute atomic E-state index is 10.9. The minimum Gasteiger partial charge on any atom is -0.463 e. The number of rotatable bonds is 1. The number of carboxylic acid groups (broad SMARTS) is 1. The maximum Gasteiger partial charge on any atom is 0.432 e. The van der Waals surface area contributed by atoms with E-state index in [1.54, 1.807) is 6.07 Å². The molecule has 78 valence electrons. The second kappa shape index (κ2) is 3.66. The molecule has 0 aliphatic carbocycles. The summed E-state index contributed by atoms with van der Waals surface area (Å²) < 4.78 is 1.86. The molecule has 1 heterocycles. The van der Waals surface area contributed by atoms with Crippen LogP contribution in [0.3, 0.4) is 0 Å². The van der Waals surface area contributed by atoms with Gasteiger partial charge in [0.15, 0.2) is 0 Å². The lowest BCUT2D eigenvalue weighted by molar-refractivity contribution is 0.194. The zero-order valence-electron chi connectivity index (χ0n) is 8.07. The van der Waals surface area contributed by atoms with Crippen molar-refractivity contribution in [2.45, 2.75) is 13.3 Å². The standard InChI is InChI=1S/C10H9BrN2O2/c1-2-8-7-4-3-6(11)5-9(7)13(12-8)10(14)15/h3-5H,2H2,1H3,(H,14,15). The van der Waals surface area contributed by atoms with Crippen molar-refractivity contribution in [3.63, 3.8) is 0 Å².